The monoisotopic (exact) mass is 254 g/mol. The number of amides is 1. The molecule has 0 aromatic carbocycles. The summed E-state index contributed by atoms with van der Waals surface area (Å²) in [6, 6.07) is 1.69. The zero-order chi connectivity index (χ0) is 12.7. The number of hydrogen-bond acceptors (Lipinski definition) is 5. The first-order chi connectivity index (χ1) is 8.15. The summed E-state index contributed by atoms with van der Waals surface area (Å²) in [4.78, 5) is 19.8. The maximum absolute atomic E-state index is 11.4. The van der Waals surface area contributed by atoms with E-state index >= 15 is 0 Å². The molecule has 1 aromatic rings. The molecule has 0 saturated heterocycles. The Morgan fingerprint density at radius 2 is 2.24 bits per heavy atom. The Labute approximate surface area is 106 Å². The van der Waals surface area contributed by atoms with Gasteiger partial charge in [0.1, 0.15) is 16.7 Å². The molecule has 0 unspecified atom stereocenters. The second-order valence-electron chi connectivity index (χ2n) is 3.54. The molecule has 0 bridgehead atoms. The molecule has 1 rings (SSSR count). The van der Waals surface area contributed by atoms with Crippen molar-refractivity contribution in [2.45, 2.75) is 31.7 Å². The van der Waals surface area contributed by atoms with E-state index in [1.165, 1.54) is 11.8 Å². The van der Waals surface area contributed by atoms with E-state index in [-0.39, 0.29) is 5.91 Å². The Bertz CT molecular complexity index is 384. The highest BCUT2D eigenvalue weighted by Gasteiger charge is 2.05. The molecule has 17 heavy (non-hydrogen) atoms. The van der Waals surface area contributed by atoms with Gasteiger partial charge in [0.15, 0.2) is 0 Å². The largest absolute Gasteiger partial charge is 0.384 e. The molecule has 3 N–H and O–H groups in total. The summed E-state index contributed by atoms with van der Waals surface area (Å²) in [6.07, 6.45) is 1.68. The van der Waals surface area contributed by atoms with Gasteiger partial charge in [-0.25, -0.2) is 9.97 Å². The number of nitrogen functional groups attached to an aromatic ring is 1. The van der Waals surface area contributed by atoms with Crippen LogP contribution in [0.15, 0.2) is 11.1 Å². The summed E-state index contributed by atoms with van der Waals surface area (Å²) >= 11 is 1.38. The molecule has 1 aromatic heterocycles. The SMILES string of the molecule is CCCNC(=O)CSc1cc(N)nc(CC)n1. The first-order valence-electron chi connectivity index (χ1n) is 5.68. The number of nitrogens with two attached hydrogens (primary N) is 1. The lowest BCUT2D eigenvalue weighted by atomic mass is 10.4. The van der Waals surface area contributed by atoms with Crippen LogP contribution in [0.25, 0.3) is 0 Å². The molecular weight excluding hydrogens is 236 g/mol. The third-order valence-electron chi connectivity index (χ3n) is 2.01. The Balaban J connectivity index is 2.51. The Morgan fingerprint density at radius 3 is 2.88 bits per heavy atom. The van der Waals surface area contributed by atoms with Crippen LogP contribution >= 0.6 is 11.8 Å². The van der Waals surface area contributed by atoms with Crippen LogP contribution in [0.1, 0.15) is 26.1 Å². The van der Waals surface area contributed by atoms with Gasteiger partial charge in [-0.1, -0.05) is 25.6 Å². The number of aryl methyl sites for hydroxylation is 1. The number of carbonyl (C=O) groups is 1. The second-order valence-corrected chi connectivity index (χ2v) is 4.54. The third-order valence-corrected chi connectivity index (χ3v) is 2.92. The summed E-state index contributed by atoms with van der Waals surface area (Å²) in [5.74, 6) is 1.54. The average Bonchev–Trinajstić information content (AvgIpc) is 2.33. The van der Waals surface area contributed by atoms with Gasteiger partial charge in [0.25, 0.3) is 0 Å². The second kappa shape index (κ2) is 7.11. The maximum Gasteiger partial charge on any atom is 0.230 e. The van der Waals surface area contributed by atoms with Crippen molar-refractivity contribution in [2.24, 2.45) is 0 Å². The van der Waals surface area contributed by atoms with E-state index in [0.29, 0.717) is 23.9 Å². The van der Waals surface area contributed by atoms with Gasteiger partial charge in [0, 0.05) is 19.0 Å². The van der Waals surface area contributed by atoms with Crippen molar-refractivity contribution in [3.8, 4) is 0 Å². The molecule has 0 atom stereocenters. The van der Waals surface area contributed by atoms with E-state index in [2.05, 4.69) is 15.3 Å². The minimum absolute atomic E-state index is 0.0204. The van der Waals surface area contributed by atoms with Crippen LogP contribution in [-0.2, 0) is 11.2 Å². The molecule has 0 aliphatic heterocycles. The van der Waals surface area contributed by atoms with Crippen molar-refractivity contribution < 1.29 is 4.79 Å². The third kappa shape index (κ3) is 5.04. The number of anilines is 1. The van der Waals surface area contributed by atoms with Crippen LogP contribution in [0, 0.1) is 0 Å². The van der Waals surface area contributed by atoms with E-state index in [1.54, 1.807) is 6.07 Å². The molecule has 1 amide bonds. The normalized spacial score (nSPS) is 10.2. The fourth-order valence-corrected chi connectivity index (χ4v) is 1.93. The van der Waals surface area contributed by atoms with Crippen LogP contribution < -0.4 is 11.1 Å². The number of nitrogens with one attached hydrogen (secondary N) is 1. The Hall–Kier alpha value is -1.30. The number of hydrogen-bond donors (Lipinski definition) is 2. The Morgan fingerprint density at radius 1 is 1.47 bits per heavy atom. The number of aromatic nitrogens is 2. The van der Waals surface area contributed by atoms with Crippen LogP contribution in [0.5, 0.6) is 0 Å². The summed E-state index contributed by atoms with van der Waals surface area (Å²) in [7, 11) is 0. The van der Waals surface area contributed by atoms with Gasteiger partial charge in [0.2, 0.25) is 5.91 Å². The lowest BCUT2D eigenvalue weighted by molar-refractivity contribution is -0.118. The minimum atomic E-state index is 0.0204. The first kappa shape index (κ1) is 13.8. The summed E-state index contributed by atoms with van der Waals surface area (Å²) < 4.78 is 0. The van der Waals surface area contributed by atoms with Gasteiger partial charge in [0.05, 0.1) is 5.75 Å². The number of carbonyl (C=O) groups excluding carboxylic acids is 1. The smallest absolute Gasteiger partial charge is 0.230 e. The van der Waals surface area contributed by atoms with E-state index in [0.717, 1.165) is 17.9 Å². The van der Waals surface area contributed by atoms with E-state index in [9.17, 15) is 4.79 Å². The van der Waals surface area contributed by atoms with Crippen LogP contribution in [0.4, 0.5) is 5.82 Å². The lowest BCUT2D eigenvalue weighted by Gasteiger charge is -2.05. The topological polar surface area (TPSA) is 80.9 Å². The van der Waals surface area contributed by atoms with Crippen molar-refractivity contribution in [3.63, 3.8) is 0 Å². The zero-order valence-electron chi connectivity index (χ0n) is 10.2. The molecular formula is C11H18N4OS. The van der Waals surface area contributed by atoms with Crippen molar-refractivity contribution in [1.29, 1.82) is 0 Å². The fourth-order valence-electron chi connectivity index (χ4n) is 1.18. The van der Waals surface area contributed by atoms with Crippen molar-refractivity contribution in [2.75, 3.05) is 18.0 Å². The molecule has 94 valence electrons. The molecule has 0 radical (unpaired) electrons. The number of nitrogens with zero attached hydrogens (tertiary/aromatic N) is 2. The van der Waals surface area contributed by atoms with E-state index in [4.69, 9.17) is 5.73 Å². The average molecular weight is 254 g/mol. The van der Waals surface area contributed by atoms with Gasteiger partial charge >= 0.3 is 0 Å². The molecule has 0 fully saturated rings. The van der Waals surface area contributed by atoms with Gasteiger partial charge in [-0.3, -0.25) is 4.79 Å². The highest BCUT2D eigenvalue weighted by molar-refractivity contribution is 7.99. The van der Waals surface area contributed by atoms with Gasteiger partial charge in [-0.15, -0.1) is 0 Å². The number of rotatable bonds is 6. The minimum Gasteiger partial charge on any atom is -0.384 e. The summed E-state index contributed by atoms with van der Waals surface area (Å²) in [5.41, 5.74) is 5.66. The van der Waals surface area contributed by atoms with Crippen LogP contribution in [-0.4, -0.2) is 28.2 Å². The molecule has 0 saturated carbocycles. The fraction of sp³-hybridized carbons (Fsp3) is 0.545. The molecule has 0 aliphatic rings. The van der Waals surface area contributed by atoms with Crippen molar-refractivity contribution in [1.82, 2.24) is 15.3 Å². The van der Waals surface area contributed by atoms with Crippen molar-refractivity contribution >= 4 is 23.5 Å². The molecule has 0 aliphatic carbocycles. The van der Waals surface area contributed by atoms with E-state index < -0.39 is 0 Å². The molecule has 0 spiro atoms. The summed E-state index contributed by atoms with van der Waals surface area (Å²) in [5, 5.41) is 3.56. The van der Waals surface area contributed by atoms with Gasteiger partial charge < -0.3 is 11.1 Å². The standard InChI is InChI=1S/C11H18N4OS/c1-3-5-13-10(16)7-17-11-6-8(12)14-9(4-2)15-11/h6H,3-5,7H2,1-2H3,(H,13,16)(H2,12,14,15). The zero-order valence-corrected chi connectivity index (χ0v) is 11.0. The summed E-state index contributed by atoms with van der Waals surface area (Å²) in [6.45, 7) is 4.70. The molecule has 5 nitrogen and oxygen atoms in total. The molecule has 6 heteroatoms. The van der Waals surface area contributed by atoms with Crippen molar-refractivity contribution in [3.05, 3.63) is 11.9 Å². The molecule has 1 heterocycles. The first-order valence-corrected chi connectivity index (χ1v) is 6.67. The maximum atomic E-state index is 11.4. The lowest BCUT2D eigenvalue weighted by Crippen LogP contribution is -2.25. The van der Waals surface area contributed by atoms with Gasteiger partial charge in [-0.2, -0.15) is 0 Å². The quantitative estimate of drug-likeness (QED) is 0.589. The van der Waals surface area contributed by atoms with E-state index in [1.807, 2.05) is 13.8 Å². The predicted octanol–water partition coefficient (Wildman–Crippen LogP) is 1.24. The van der Waals surface area contributed by atoms with Gasteiger partial charge in [-0.05, 0) is 6.42 Å². The number of thioether (sulfide) groups is 1. The predicted molar refractivity (Wildman–Crippen MR) is 69.8 cm³/mol. The van der Waals surface area contributed by atoms with Crippen LogP contribution in [0.2, 0.25) is 0 Å². The van der Waals surface area contributed by atoms with Crippen LogP contribution in [0.3, 0.4) is 0 Å². The highest BCUT2D eigenvalue weighted by atomic mass is 32.2. The highest BCUT2D eigenvalue weighted by Crippen LogP contribution is 2.17. The Kier molecular flexibility index (Phi) is 5.76.